The molecule has 1 saturated heterocycles. The van der Waals surface area contributed by atoms with Crippen LogP contribution in [0.3, 0.4) is 0 Å². The van der Waals surface area contributed by atoms with Gasteiger partial charge in [0.25, 0.3) is 0 Å². The summed E-state index contributed by atoms with van der Waals surface area (Å²) in [5.74, 6) is 0.700. The summed E-state index contributed by atoms with van der Waals surface area (Å²) in [6.07, 6.45) is 11.0. The third-order valence-corrected chi connectivity index (χ3v) is 4.09. The summed E-state index contributed by atoms with van der Waals surface area (Å²) in [5.41, 5.74) is 1.93. The lowest BCUT2D eigenvalue weighted by Gasteiger charge is -2.21. The highest BCUT2D eigenvalue weighted by molar-refractivity contribution is 5.15. The van der Waals surface area contributed by atoms with E-state index in [1.54, 1.807) is 6.33 Å². The largest absolute Gasteiger partial charge is 0.316 e. The Labute approximate surface area is 90.3 Å². The molecule has 3 nitrogen and oxygen atoms in total. The number of nitrogens with zero attached hydrogens (tertiary/aromatic N) is 2. The zero-order chi connectivity index (χ0) is 10.1. The van der Waals surface area contributed by atoms with Crippen LogP contribution in [-0.4, -0.2) is 23.1 Å². The van der Waals surface area contributed by atoms with Gasteiger partial charge in [-0.25, -0.2) is 9.97 Å². The molecule has 15 heavy (non-hydrogen) atoms. The maximum atomic E-state index is 4.12. The van der Waals surface area contributed by atoms with Gasteiger partial charge in [-0.15, -0.1) is 0 Å². The molecule has 3 rings (SSSR count). The predicted octanol–water partition coefficient (Wildman–Crippen LogP) is 1.72. The smallest absolute Gasteiger partial charge is 0.115 e. The van der Waals surface area contributed by atoms with Crippen LogP contribution < -0.4 is 5.32 Å². The van der Waals surface area contributed by atoms with Gasteiger partial charge in [-0.05, 0) is 49.1 Å². The summed E-state index contributed by atoms with van der Waals surface area (Å²) in [6.45, 7) is 2.43. The quantitative estimate of drug-likeness (QED) is 0.755. The minimum Gasteiger partial charge on any atom is -0.316 e. The molecule has 1 spiro atoms. The zero-order valence-corrected chi connectivity index (χ0v) is 8.95. The van der Waals surface area contributed by atoms with Crippen molar-refractivity contribution in [3.8, 4) is 0 Å². The van der Waals surface area contributed by atoms with Gasteiger partial charge in [0.15, 0.2) is 0 Å². The van der Waals surface area contributed by atoms with Crippen LogP contribution >= 0.6 is 0 Å². The monoisotopic (exact) mass is 203 g/mol. The highest BCUT2D eigenvalue weighted by Crippen LogP contribution is 2.49. The molecule has 1 aromatic heterocycles. The fraction of sp³-hybridized carbons (Fsp3) is 0.667. The second-order valence-corrected chi connectivity index (χ2v) is 5.04. The standard InChI is InChI=1S/C12H17N3/c1-2-12(3-4-13-8-12)5-10(1)11-6-14-9-15-7-11/h6-7,9-10,13H,1-5,8H2. The average Bonchev–Trinajstić information content (AvgIpc) is 2.91. The minimum atomic E-state index is 0.598. The molecule has 1 aromatic rings. The van der Waals surface area contributed by atoms with Gasteiger partial charge in [0.1, 0.15) is 6.33 Å². The maximum Gasteiger partial charge on any atom is 0.115 e. The van der Waals surface area contributed by atoms with Crippen LogP contribution in [0.2, 0.25) is 0 Å². The highest BCUT2D eigenvalue weighted by Gasteiger charge is 2.41. The van der Waals surface area contributed by atoms with Gasteiger partial charge in [0.05, 0.1) is 0 Å². The fourth-order valence-corrected chi connectivity index (χ4v) is 3.20. The highest BCUT2D eigenvalue weighted by atomic mass is 14.9. The van der Waals surface area contributed by atoms with E-state index >= 15 is 0 Å². The topological polar surface area (TPSA) is 37.8 Å². The lowest BCUT2D eigenvalue weighted by atomic mass is 9.84. The third kappa shape index (κ3) is 1.65. The molecule has 1 N–H and O–H groups in total. The Morgan fingerprint density at radius 2 is 2.13 bits per heavy atom. The van der Waals surface area contributed by atoms with Gasteiger partial charge in [-0.2, -0.15) is 0 Å². The SMILES string of the molecule is c1ncc(C2CCC3(CCNC3)C2)cn1. The van der Waals surface area contributed by atoms with Gasteiger partial charge in [0, 0.05) is 18.9 Å². The number of rotatable bonds is 1. The van der Waals surface area contributed by atoms with Gasteiger partial charge in [-0.3, -0.25) is 0 Å². The van der Waals surface area contributed by atoms with E-state index in [-0.39, 0.29) is 0 Å². The molecular weight excluding hydrogens is 186 g/mol. The summed E-state index contributed by atoms with van der Waals surface area (Å²) in [5, 5.41) is 3.50. The van der Waals surface area contributed by atoms with Gasteiger partial charge in [-0.1, -0.05) is 0 Å². The molecule has 2 atom stereocenters. The van der Waals surface area contributed by atoms with Crippen molar-refractivity contribution in [1.82, 2.24) is 15.3 Å². The first-order valence-electron chi connectivity index (χ1n) is 5.84. The molecule has 3 heteroatoms. The first kappa shape index (κ1) is 9.28. The summed E-state index contributed by atoms with van der Waals surface area (Å²) >= 11 is 0. The van der Waals surface area contributed by atoms with Crippen molar-refractivity contribution >= 4 is 0 Å². The van der Waals surface area contributed by atoms with Crippen molar-refractivity contribution in [2.45, 2.75) is 31.6 Å². The van der Waals surface area contributed by atoms with E-state index in [4.69, 9.17) is 0 Å². The zero-order valence-electron chi connectivity index (χ0n) is 8.95. The van der Waals surface area contributed by atoms with Crippen LogP contribution in [-0.2, 0) is 0 Å². The van der Waals surface area contributed by atoms with Crippen LogP contribution in [0.1, 0.15) is 37.2 Å². The molecule has 1 saturated carbocycles. The summed E-state index contributed by atoms with van der Waals surface area (Å²) in [7, 11) is 0. The summed E-state index contributed by atoms with van der Waals surface area (Å²) in [6, 6.07) is 0. The first-order chi connectivity index (χ1) is 7.38. The molecule has 2 aliphatic rings. The van der Waals surface area contributed by atoms with E-state index in [0.717, 1.165) is 0 Å². The van der Waals surface area contributed by atoms with Crippen LogP contribution in [0.5, 0.6) is 0 Å². The van der Waals surface area contributed by atoms with Crippen molar-refractivity contribution in [3.05, 3.63) is 24.3 Å². The molecule has 2 fully saturated rings. The van der Waals surface area contributed by atoms with E-state index in [2.05, 4.69) is 15.3 Å². The normalized spacial score (nSPS) is 35.1. The molecular formula is C12H17N3. The predicted molar refractivity (Wildman–Crippen MR) is 58.5 cm³/mol. The number of aromatic nitrogens is 2. The molecule has 1 aliphatic heterocycles. The molecule has 0 bridgehead atoms. The minimum absolute atomic E-state index is 0.598. The van der Waals surface area contributed by atoms with Gasteiger partial charge >= 0.3 is 0 Å². The molecule has 1 aliphatic carbocycles. The maximum absolute atomic E-state index is 4.12. The average molecular weight is 203 g/mol. The van der Waals surface area contributed by atoms with Crippen molar-refractivity contribution < 1.29 is 0 Å². The second kappa shape index (κ2) is 3.56. The van der Waals surface area contributed by atoms with Crippen LogP contribution in [0.25, 0.3) is 0 Å². The lowest BCUT2D eigenvalue weighted by molar-refractivity contribution is 0.331. The number of hydrogen-bond acceptors (Lipinski definition) is 3. The summed E-state index contributed by atoms with van der Waals surface area (Å²) < 4.78 is 0. The Bertz CT molecular complexity index is 330. The molecule has 0 aromatic carbocycles. The van der Waals surface area contributed by atoms with Crippen molar-refractivity contribution in [1.29, 1.82) is 0 Å². The number of nitrogens with one attached hydrogen (secondary N) is 1. The van der Waals surface area contributed by atoms with Gasteiger partial charge < -0.3 is 5.32 Å². The first-order valence-corrected chi connectivity index (χ1v) is 5.84. The second-order valence-electron chi connectivity index (χ2n) is 5.04. The Morgan fingerprint density at radius 3 is 2.87 bits per heavy atom. The number of hydrogen-bond donors (Lipinski definition) is 1. The molecule has 2 heterocycles. The molecule has 80 valence electrons. The third-order valence-electron chi connectivity index (χ3n) is 4.09. The van der Waals surface area contributed by atoms with Crippen molar-refractivity contribution in [2.75, 3.05) is 13.1 Å². The molecule has 2 unspecified atom stereocenters. The van der Waals surface area contributed by atoms with Gasteiger partial charge in [0.2, 0.25) is 0 Å². The van der Waals surface area contributed by atoms with Crippen LogP contribution in [0.15, 0.2) is 18.7 Å². The van der Waals surface area contributed by atoms with E-state index in [9.17, 15) is 0 Å². The van der Waals surface area contributed by atoms with E-state index in [0.29, 0.717) is 11.3 Å². The van der Waals surface area contributed by atoms with Crippen LogP contribution in [0.4, 0.5) is 0 Å². The van der Waals surface area contributed by atoms with E-state index in [1.165, 1.54) is 44.3 Å². The Morgan fingerprint density at radius 1 is 1.27 bits per heavy atom. The fourth-order valence-electron chi connectivity index (χ4n) is 3.20. The molecule has 0 amide bonds. The van der Waals surface area contributed by atoms with E-state index < -0.39 is 0 Å². The lowest BCUT2D eigenvalue weighted by Crippen LogP contribution is -2.20. The van der Waals surface area contributed by atoms with Crippen molar-refractivity contribution in [3.63, 3.8) is 0 Å². The summed E-state index contributed by atoms with van der Waals surface area (Å²) in [4.78, 5) is 8.24. The molecule has 0 radical (unpaired) electrons. The Hall–Kier alpha value is -0.960. The Kier molecular flexibility index (Phi) is 2.20. The van der Waals surface area contributed by atoms with E-state index in [1.807, 2.05) is 12.4 Å². The Balaban J connectivity index is 1.76. The van der Waals surface area contributed by atoms with Crippen molar-refractivity contribution in [2.24, 2.45) is 5.41 Å². The van der Waals surface area contributed by atoms with Crippen LogP contribution in [0, 0.1) is 5.41 Å².